The van der Waals surface area contributed by atoms with E-state index in [-0.39, 0.29) is 10.8 Å². The van der Waals surface area contributed by atoms with Crippen molar-refractivity contribution in [3.63, 3.8) is 0 Å². The third kappa shape index (κ3) is 2.86. The Morgan fingerprint density at radius 2 is 1.95 bits per heavy atom. The van der Waals surface area contributed by atoms with E-state index in [0.29, 0.717) is 18.9 Å². The zero-order chi connectivity index (χ0) is 14.9. The van der Waals surface area contributed by atoms with Crippen molar-refractivity contribution >= 4 is 9.84 Å². The molecule has 3 nitrogen and oxygen atoms in total. The van der Waals surface area contributed by atoms with Crippen molar-refractivity contribution in [1.29, 1.82) is 0 Å². The SMILES string of the molecule is CC1CCC(CN)C(S(=O)(=O)c2ccc(F)c(F)c2)C1. The van der Waals surface area contributed by atoms with E-state index in [1.807, 2.05) is 6.92 Å². The summed E-state index contributed by atoms with van der Waals surface area (Å²) in [5, 5.41) is -0.610. The molecule has 0 amide bonds. The minimum absolute atomic E-state index is 0.121. The first-order chi connectivity index (χ1) is 9.36. The van der Waals surface area contributed by atoms with Crippen LogP contribution in [0.2, 0.25) is 0 Å². The summed E-state index contributed by atoms with van der Waals surface area (Å²) in [5.41, 5.74) is 5.67. The number of rotatable bonds is 3. The minimum Gasteiger partial charge on any atom is -0.330 e. The van der Waals surface area contributed by atoms with Gasteiger partial charge in [-0.15, -0.1) is 0 Å². The van der Waals surface area contributed by atoms with Gasteiger partial charge in [-0.05, 0) is 49.4 Å². The van der Waals surface area contributed by atoms with Crippen molar-refractivity contribution in [3.05, 3.63) is 29.8 Å². The summed E-state index contributed by atoms with van der Waals surface area (Å²) >= 11 is 0. The molecule has 6 heteroatoms. The molecule has 0 heterocycles. The summed E-state index contributed by atoms with van der Waals surface area (Å²) in [6.45, 7) is 2.29. The topological polar surface area (TPSA) is 60.2 Å². The second kappa shape index (κ2) is 5.77. The van der Waals surface area contributed by atoms with Gasteiger partial charge in [-0.1, -0.05) is 13.3 Å². The summed E-state index contributed by atoms with van der Waals surface area (Å²) < 4.78 is 51.5. The quantitative estimate of drug-likeness (QED) is 0.873. The van der Waals surface area contributed by atoms with Crippen LogP contribution in [-0.4, -0.2) is 20.2 Å². The summed E-state index contributed by atoms with van der Waals surface area (Å²) in [6.07, 6.45) is 2.22. The molecule has 1 fully saturated rings. The average molecular weight is 303 g/mol. The van der Waals surface area contributed by atoms with Gasteiger partial charge in [0.2, 0.25) is 0 Å². The van der Waals surface area contributed by atoms with Crippen LogP contribution in [0.5, 0.6) is 0 Å². The lowest BCUT2D eigenvalue weighted by atomic mass is 9.82. The lowest BCUT2D eigenvalue weighted by Gasteiger charge is -2.33. The Hall–Kier alpha value is -1.01. The fourth-order valence-corrected chi connectivity index (χ4v) is 5.08. The highest BCUT2D eigenvalue weighted by Gasteiger charge is 2.38. The Bertz CT molecular complexity index is 589. The second-order valence-corrected chi connectivity index (χ2v) is 7.74. The highest BCUT2D eigenvalue weighted by atomic mass is 32.2. The first-order valence-corrected chi connectivity index (χ1v) is 8.30. The second-order valence-electron chi connectivity index (χ2n) is 5.57. The number of hydrogen-bond acceptors (Lipinski definition) is 3. The summed E-state index contributed by atoms with van der Waals surface area (Å²) in [4.78, 5) is -0.158. The molecule has 0 aromatic heterocycles. The number of nitrogens with two attached hydrogens (primary N) is 1. The lowest BCUT2D eigenvalue weighted by Crippen LogP contribution is -2.39. The van der Waals surface area contributed by atoms with Gasteiger partial charge in [0.15, 0.2) is 21.5 Å². The van der Waals surface area contributed by atoms with E-state index in [4.69, 9.17) is 5.73 Å². The molecule has 1 aliphatic carbocycles. The summed E-state index contributed by atoms with van der Waals surface area (Å²) in [5.74, 6) is -2.01. The van der Waals surface area contributed by atoms with Crippen LogP contribution in [0, 0.1) is 23.5 Å². The van der Waals surface area contributed by atoms with Crippen LogP contribution in [0.15, 0.2) is 23.1 Å². The van der Waals surface area contributed by atoms with Crippen molar-refractivity contribution < 1.29 is 17.2 Å². The van der Waals surface area contributed by atoms with Crippen LogP contribution in [0.1, 0.15) is 26.2 Å². The molecule has 20 heavy (non-hydrogen) atoms. The van der Waals surface area contributed by atoms with Crippen LogP contribution >= 0.6 is 0 Å². The smallest absolute Gasteiger partial charge is 0.181 e. The molecule has 0 spiro atoms. The summed E-state index contributed by atoms with van der Waals surface area (Å²) in [7, 11) is -3.68. The van der Waals surface area contributed by atoms with E-state index >= 15 is 0 Å². The van der Waals surface area contributed by atoms with E-state index < -0.39 is 26.7 Å². The van der Waals surface area contributed by atoms with Crippen LogP contribution in [0.3, 0.4) is 0 Å². The zero-order valence-corrected chi connectivity index (χ0v) is 12.2. The molecule has 1 aromatic rings. The van der Waals surface area contributed by atoms with Crippen molar-refractivity contribution in [1.82, 2.24) is 0 Å². The van der Waals surface area contributed by atoms with E-state index in [2.05, 4.69) is 0 Å². The van der Waals surface area contributed by atoms with Gasteiger partial charge in [-0.3, -0.25) is 0 Å². The van der Waals surface area contributed by atoms with Crippen LogP contribution in [0.25, 0.3) is 0 Å². The van der Waals surface area contributed by atoms with Gasteiger partial charge in [0.1, 0.15) is 0 Å². The van der Waals surface area contributed by atoms with Crippen molar-refractivity contribution in [3.8, 4) is 0 Å². The normalized spacial score (nSPS) is 27.5. The molecule has 0 radical (unpaired) electrons. The van der Waals surface area contributed by atoms with Gasteiger partial charge in [-0.2, -0.15) is 0 Å². The number of sulfone groups is 1. The molecule has 1 aromatic carbocycles. The number of hydrogen-bond donors (Lipinski definition) is 1. The molecule has 1 saturated carbocycles. The average Bonchev–Trinajstić information content (AvgIpc) is 2.41. The molecular weight excluding hydrogens is 284 g/mol. The highest BCUT2D eigenvalue weighted by Crippen LogP contribution is 2.35. The Kier molecular flexibility index (Phi) is 4.44. The van der Waals surface area contributed by atoms with Crippen LogP contribution in [-0.2, 0) is 9.84 Å². The van der Waals surface area contributed by atoms with Gasteiger partial charge in [0.05, 0.1) is 10.1 Å². The first-order valence-electron chi connectivity index (χ1n) is 6.75. The zero-order valence-electron chi connectivity index (χ0n) is 11.4. The van der Waals surface area contributed by atoms with Gasteiger partial charge >= 0.3 is 0 Å². The molecule has 0 saturated heterocycles. The molecule has 0 aliphatic heterocycles. The Balaban J connectivity index is 2.39. The molecule has 1 aliphatic rings. The lowest BCUT2D eigenvalue weighted by molar-refractivity contribution is 0.296. The van der Waals surface area contributed by atoms with Crippen LogP contribution < -0.4 is 5.73 Å². The van der Waals surface area contributed by atoms with E-state index in [9.17, 15) is 17.2 Å². The monoisotopic (exact) mass is 303 g/mol. The molecule has 112 valence electrons. The highest BCUT2D eigenvalue weighted by molar-refractivity contribution is 7.92. The molecule has 0 bridgehead atoms. The molecule has 3 atom stereocenters. The predicted octanol–water partition coefficient (Wildman–Crippen LogP) is 2.50. The minimum atomic E-state index is -3.68. The maximum atomic E-state index is 13.3. The van der Waals surface area contributed by atoms with Crippen LogP contribution in [0.4, 0.5) is 8.78 Å². The molecule has 3 unspecified atom stereocenters. The Morgan fingerprint density at radius 3 is 2.55 bits per heavy atom. The summed E-state index contributed by atoms with van der Waals surface area (Å²) in [6, 6.07) is 2.74. The molecule has 2 rings (SSSR count). The van der Waals surface area contributed by atoms with E-state index in [1.165, 1.54) is 0 Å². The number of benzene rings is 1. The van der Waals surface area contributed by atoms with E-state index in [0.717, 1.165) is 31.0 Å². The fraction of sp³-hybridized carbons (Fsp3) is 0.571. The van der Waals surface area contributed by atoms with Gasteiger partial charge < -0.3 is 5.73 Å². The Labute approximate surface area is 118 Å². The third-order valence-corrected chi connectivity index (χ3v) is 6.40. The molecular formula is C14H19F2NO2S. The Morgan fingerprint density at radius 1 is 1.25 bits per heavy atom. The third-order valence-electron chi connectivity index (χ3n) is 4.11. The van der Waals surface area contributed by atoms with Gasteiger partial charge in [0.25, 0.3) is 0 Å². The van der Waals surface area contributed by atoms with Gasteiger partial charge in [-0.25, -0.2) is 17.2 Å². The van der Waals surface area contributed by atoms with Crippen molar-refractivity contribution in [2.75, 3.05) is 6.54 Å². The van der Waals surface area contributed by atoms with E-state index in [1.54, 1.807) is 0 Å². The predicted molar refractivity (Wildman–Crippen MR) is 72.9 cm³/mol. The standard InChI is InChI=1S/C14H19F2NO2S/c1-9-2-3-10(8-17)14(6-9)20(18,19)11-4-5-12(15)13(16)7-11/h4-5,7,9-10,14H,2-3,6,8,17H2,1H3. The number of halogens is 2. The maximum absolute atomic E-state index is 13.3. The fourth-order valence-electron chi connectivity index (χ4n) is 2.87. The first kappa shape index (κ1) is 15.4. The van der Waals surface area contributed by atoms with Gasteiger partial charge in [0, 0.05) is 0 Å². The van der Waals surface area contributed by atoms with Crippen molar-refractivity contribution in [2.45, 2.75) is 36.3 Å². The largest absolute Gasteiger partial charge is 0.330 e. The molecule has 2 N–H and O–H groups in total. The maximum Gasteiger partial charge on any atom is 0.181 e. The van der Waals surface area contributed by atoms with Crippen molar-refractivity contribution in [2.24, 2.45) is 17.6 Å².